The molecule has 0 radical (unpaired) electrons. The lowest BCUT2D eigenvalue weighted by molar-refractivity contribution is -0.127. The van der Waals surface area contributed by atoms with E-state index in [0.717, 1.165) is 60.9 Å². The van der Waals surface area contributed by atoms with Gasteiger partial charge in [-0.05, 0) is 112 Å². The molecule has 2 aromatic heterocycles. The highest BCUT2D eigenvalue weighted by molar-refractivity contribution is 6.28. The molecule has 1 aliphatic rings. The molecule has 0 saturated heterocycles. The lowest BCUT2D eigenvalue weighted by atomic mass is 9.81. The summed E-state index contributed by atoms with van der Waals surface area (Å²) >= 11 is 5.92. The summed E-state index contributed by atoms with van der Waals surface area (Å²) in [4.78, 5) is 39.6. The van der Waals surface area contributed by atoms with Crippen molar-refractivity contribution in [1.82, 2.24) is 25.1 Å². The van der Waals surface area contributed by atoms with Gasteiger partial charge in [0.05, 0.1) is 6.61 Å². The van der Waals surface area contributed by atoms with Crippen LogP contribution in [0, 0.1) is 11.8 Å². The molecule has 12 heteroatoms. The summed E-state index contributed by atoms with van der Waals surface area (Å²) in [5, 5.41) is 6.92. The first-order chi connectivity index (χ1) is 22.7. The second kappa shape index (κ2) is 16.0. The molecule has 1 atom stereocenters. The molecule has 2 aromatic carbocycles. The Morgan fingerprint density at radius 1 is 0.979 bits per heavy atom. The number of nitrogens with zero attached hydrogens (tertiary/aromatic N) is 5. The summed E-state index contributed by atoms with van der Waals surface area (Å²) in [5.74, 6) is 0.534. The number of aromatic nitrogens is 4. The number of ether oxygens (including phenoxy) is 1. The van der Waals surface area contributed by atoms with Gasteiger partial charge in [-0.1, -0.05) is 24.3 Å². The number of carbonyl (C=O) groups is 2. The van der Waals surface area contributed by atoms with Crippen LogP contribution in [0.2, 0.25) is 5.28 Å². The number of rotatable bonds is 14. The summed E-state index contributed by atoms with van der Waals surface area (Å²) in [5.41, 5.74) is 16.0. The minimum Gasteiger partial charge on any atom is -0.478 e. The Kier molecular flexibility index (Phi) is 11.6. The van der Waals surface area contributed by atoms with E-state index < -0.39 is 11.9 Å². The van der Waals surface area contributed by atoms with Crippen molar-refractivity contribution in [1.29, 1.82) is 0 Å². The van der Waals surface area contributed by atoms with Gasteiger partial charge in [0, 0.05) is 48.0 Å². The average molecular weight is 659 g/mol. The van der Waals surface area contributed by atoms with Gasteiger partial charge in [-0.15, -0.1) is 0 Å². The molecule has 47 heavy (non-hydrogen) atoms. The number of hydrogen-bond acceptors (Lipinski definition) is 8. The summed E-state index contributed by atoms with van der Waals surface area (Å²) in [6, 6.07) is 18.1. The predicted octanol–water partition coefficient (Wildman–Crippen LogP) is 4.71. The van der Waals surface area contributed by atoms with Crippen LogP contribution in [0.15, 0.2) is 66.9 Å². The fourth-order valence-electron chi connectivity index (χ4n) is 6.01. The van der Waals surface area contributed by atoms with Crippen molar-refractivity contribution < 1.29 is 14.3 Å². The lowest BCUT2D eigenvalue weighted by Gasteiger charge is -2.35. The number of amides is 2. The van der Waals surface area contributed by atoms with Crippen molar-refractivity contribution in [2.45, 2.75) is 44.6 Å². The van der Waals surface area contributed by atoms with E-state index in [4.69, 9.17) is 27.8 Å². The van der Waals surface area contributed by atoms with Crippen molar-refractivity contribution in [3.63, 3.8) is 0 Å². The number of benzene rings is 2. The number of primary amides is 1. The molecule has 1 fully saturated rings. The molecule has 0 aliphatic heterocycles. The van der Waals surface area contributed by atoms with Crippen LogP contribution in [0.1, 0.15) is 37.7 Å². The van der Waals surface area contributed by atoms with Crippen LogP contribution in [-0.2, 0) is 16.0 Å². The number of H-pyrrole nitrogens is 1. The maximum Gasteiger partial charge on any atom is 0.240 e. The van der Waals surface area contributed by atoms with Gasteiger partial charge in [-0.25, -0.2) is 10.1 Å². The summed E-state index contributed by atoms with van der Waals surface area (Å²) in [6.07, 6.45) is 6.18. The van der Waals surface area contributed by atoms with E-state index in [1.807, 2.05) is 50.5 Å². The van der Waals surface area contributed by atoms with Crippen LogP contribution in [0.25, 0.3) is 22.5 Å². The number of pyridine rings is 1. The number of nitrogens with two attached hydrogens (primary N) is 2. The van der Waals surface area contributed by atoms with Crippen LogP contribution in [0.3, 0.4) is 0 Å². The van der Waals surface area contributed by atoms with Gasteiger partial charge in [0.25, 0.3) is 0 Å². The zero-order chi connectivity index (χ0) is 33.3. The second-order valence-corrected chi connectivity index (χ2v) is 12.7. The molecule has 0 bridgehead atoms. The van der Waals surface area contributed by atoms with E-state index in [2.05, 4.69) is 25.1 Å². The zero-order valence-corrected chi connectivity index (χ0v) is 27.7. The Morgan fingerprint density at radius 3 is 2.23 bits per heavy atom. The van der Waals surface area contributed by atoms with Crippen molar-refractivity contribution in [3.05, 3.63) is 77.7 Å². The molecular formula is C35H43ClN8O3. The lowest BCUT2D eigenvalue weighted by Crippen LogP contribution is -2.52. The van der Waals surface area contributed by atoms with Gasteiger partial charge < -0.3 is 21.1 Å². The molecule has 1 aliphatic carbocycles. The number of aromatic amines is 1. The van der Waals surface area contributed by atoms with Gasteiger partial charge >= 0.3 is 0 Å². The molecule has 5 N–H and O–H groups in total. The first kappa shape index (κ1) is 34.0. The number of anilines is 1. The van der Waals surface area contributed by atoms with Crippen LogP contribution in [0.5, 0.6) is 5.88 Å². The highest BCUT2D eigenvalue weighted by Gasteiger charge is 2.36. The Balaban J connectivity index is 1.34. The second-order valence-electron chi connectivity index (χ2n) is 12.4. The fraction of sp³-hybridized carbons (Fsp3) is 0.400. The minimum atomic E-state index is -0.894. The maximum atomic E-state index is 14.2. The topological polar surface area (TPSA) is 156 Å². The number of carbonyl (C=O) groups excluding carboxylic acids is 2. The number of hydrogen-bond donors (Lipinski definition) is 3. The monoisotopic (exact) mass is 658 g/mol. The first-order valence-electron chi connectivity index (χ1n) is 16.1. The van der Waals surface area contributed by atoms with E-state index in [1.54, 1.807) is 35.4 Å². The maximum absolute atomic E-state index is 14.2. The zero-order valence-electron chi connectivity index (χ0n) is 26.9. The SMILES string of the molecule is CN(C)CCCOc1ccc(-c2ccc(C[C@@H](C(N)=O)N(C(=O)C3CCC(CN)CC3)c3ccc(-c4n[nH]c(Cl)n4)cc3)cc2)cn1. The quantitative estimate of drug-likeness (QED) is 0.164. The molecular weight excluding hydrogens is 616 g/mol. The fourth-order valence-corrected chi connectivity index (χ4v) is 6.14. The Morgan fingerprint density at radius 2 is 1.66 bits per heavy atom. The van der Waals surface area contributed by atoms with E-state index in [1.165, 1.54) is 0 Å². The molecule has 0 spiro atoms. The van der Waals surface area contributed by atoms with E-state index in [-0.39, 0.29) is 23.5 Å². The van der Waals surface area contributed by atoms with Crippen LogP contribution in [0.4, 0.5) is 5.69 Å². The van der Waals surface area contributed by atoms with Crippen LogP contribution >= 0.6 is 11.6 Å². The Bertz CT molecular complexity index is 1600. The Hall–Kier alpha value is -4.32. The van der Waals surface area contributed by atoms with Crippen LogP contribution in [-0.4, -0.2) is 76.7 Å². The van der Waals surface area contributed by atoms with Gasteiger partial charge in [-0.2, -0.15) is 10.1 Å². The van der Waals surface area contributed by atoms with Crippen molar-refractivity contribution >= 4 is 29.1 Å². The normalized spacial score (nSPS) is 17.0. The predicted molar refractivity (Wildman–Crippen MR) is 184 cm³/mol. The van der Waals surface area contributed by atoms with Crippen molar-refractivity contribution in [2.24, 2.45) is 23.3 Å². The van der Waals surface area contributed by atoms with E-state index >= 15 is 0 Å². The summed E-state index contributed by atoms with van der Waals surface area (Å²) < 4.78 is 5.76. The van der Waals surface area contributed by atoms with E-state index in [9.17, 15) is 9.59 Å². The molecule has 2 heterocycles. The summed E-state index contributed by atoms with van der Waals surface area (Å²) in [6.45, 7) is 2.17. The minimum absolute atomic E-state index is 0.107. The third-order valence-electron chi connectivity index (χ3n) is 8.72. The standard InChI is InChI=1S/C35H43ClN8O3/c1-43(2)18-3-19-47-31-17-14-28(22-39-31)25-8-4-23(5-9-25)20-30(32(38)45)44(34(46)27-10-6-24(21-37)7-11-27)29-15-12-26(13-16-29)33-40-35(36)42-41-33/h4-5,8-9,12-17,22,24,27,30H,3,6-7,10-11,18-21,37H2,1-2H3,(H2,38,45)(H,40,41,42)/t24?,27?,30-/m0/s1. The summed E-state index contributed by atoms with van der Waals surface area (Å²) in [7, 11) is 4.07. The molecule has 5 rings (SSSR count). The molecule has 4 aromatic rings. The van der Waals surface area contributed by atoms with Gasteiger partial charge in [0.2, 0.25) is 23.0 Å². The van der Waals surface area contributed by atoms with Crippen molar-refractivity contribution in [3.8, 4) is 28.4 Å². The van der Waals surface area contributed by atoms with E-state index in [0.29, 0.717) is 36.5 Å². The largest absolute Gasteiger partial charge is 0.478 e. The highest BCUT2D eigenvalue weighted by atomic mass is 35.5. The first-order valence-corrected chi connectivity index (χ1v) is 16.4. The molecule has 2 amide bonds. The highest BCUT2D eigenvalue weighted by Crippen LogP contribution is 2.33. The van der Waals surface area contributed by atoms with Crippen molar-refractivity contribution in [2.75, 3.05) is 38.7 Å². The molecule has 248 valence electrons. The average Bonchev–Trinajstić information content (AvgIpc) is 3.53. The number of halogens is 1. The van der Waals surface area contributed by atoms with Gasteiger partial charge in [-0.3, -0.25) is 14.5 Å². The number of nitrogens with one attached hydrogen (secondary N) is 1. The van der Waals surface area contributed by atoms with Gasteiger partial charge in [0.1, 0.15) is 6.04 Å². The van der Waals surface area contributed by atoms with Gasteiger partial charge in [0.15, 0.2) is 5.82 Å². The molecule has 11 nitrogen and oxygen atoms in total. The molecule has 0 unspecified atom stereocenters. The molecule has 1 saturated carbocycles. The third kappa shape index (κ3) is 8.94. The van der Waals surface area contributed by atoms with Crippen LogP contribution < -0.4 is 21.1 Å². The third-order valence-corrected chi connectivity index (χ3v) is 8.89. The Labute approximate surface area is 280 Å². The smallest absolute Gasteiger partial charge is 0.240 e.